The van der Waals surface area contributed by atoms with Gasteiger partial charge in [0.05, 0.1) is 23.1 Å². The van der Waals surface area contributed by atoms with Crippen LogP contribution in [0.15, 0.2) is 12.3 Å². The molecule has 0 fully saturated rings. The molecule has 2 aromatic heterocycles. The van der Waals surface area contributed by atoms with Crippen LogP contribution in [-0.2, 0) is 0 Å². The number of hydrogen-bond acceptors (Lipinski definition) is 4. The lowest BCUT2D eigenvalue weighted by atomic mass is 10.2. The van der Waals surface area contributed by atoms with E-state index in [2.05, 4.69) is 15.4 Å². The highest BCUT2D eigenvalue weighted by atomic mass is 16.3. The van der Waals surface area contributed by atoms with Gasteiger partial charge in [-0.25, -0.2) is 9.50 Å². The van der Waals surface area contributed by atoms with Crippen LogP contribution in [0.3, 0.4) is 0 Å². The highest BCUT2D eigenvalue weighted by Crippen LogP contribution is 2.11. The number of aryl methyl sites for hydroxylation is 2. The number of aliphatic hydroxyl groups excluding tert-OH is 1. The van der Waals surface area contributed by atoms with Crippen LogP contribution in [0.1, 0.15) is 41.5 Å². The monoisotopic (exact) mass is 276 g/mol. The summed E-state index contributed by atoms with van der Waals surface area (Å²) in [7, 11) is 0. The van der Waals surface area contributed by atoms with Gasteiger partial charge in [0, 0.05) is 18.8 Å². The van der Waals surface area contributed by atoms with E-state index in [9.17, 15) is 9.90 Å². The van der Waals surface area contributed by atoms with E-state index in [1.165, 1.54) is 0 Å². The van der Waals surface area contributed by atoms with Crippen LogP contribution in [-0.4, -0.2) is 38.3 Å². The smallest absolute Gasteiger partial charge is 0.254 e. The standard InChI is InChI=1S/C14H20N4O2/c1-4-5-11(19)7-16-14(20)12-8-15-13-6-9(2)17-18(13)10(12)3/h6,8,11,19H,4-5,7H2,1-3H3,(H,16,20). The van der Waals surface area contributed by atoms with Crippen molar-refractivity contribution in [2.45, 2.75) is 39.7 Å². The zero-order valence-electron chi connectivity index (χ0n) is 12.1. The number of rotatable bonds is 5. The van der Waals surface area contributed by atoms with Crippen molar-refractivity contribution in [1.82, 2.24) is 19.9 Å². The summed E-state index contributed by atoms with van der Waals surface area (Å²) < 4.78 is 1.66. The van der Waals surface area contributed by atoms with E-state index < -0.39 is 6.10 Å². The van der Waals surface area contributed by atoms with Gasteiger partial charge < -0.3 is 10.4 Å². The van der Waals surface area contributed by atoms with Crippen LogP contribution in [0.5, 0.6) is 0 Å². The predicted molar refractivity (Wildman–Crippen MR) is 75.7 cm³/mol. The lowest BCUT2D eigenvalue weighted by molar-refractivity contribution is 0.0908. The summed E-state index contributed by atoms with van der Waals surface area (Å²) >= 11 is 0. The Labute approximate surface area is 117 Å². The molecule has 2 rings (SSSR count). The molecule has 0 saturated heterocycles. The molecule has 2 heterocycles. The minimum Gasteiger partial charge on any atom is -0.391 e. The first-order valence-electron chi connectivity index (χ1n) is 6.81. The van der Waals surface area contributed by atoms with Crippen molar-refractivity contribution in [3.8, 4) is 0 Å². The maximum Gasteiger partial charge on any atom is 0.254 e. The Morgan fingerprint density at radius 3 is 2.95 bits per heavy atom. The van der Waals surface area contributed by atoms with Gasteiger partial charge in [-0.15, -0.1) is 0 Å². The van der Waals surface area contributed by atoms with Crippen molar-refractivity contribution in [2.75, 3.05) is 6.54 Å². The van der Waals surface area contributed by atoms with Crippen LogP contribution < -0.4 is 5.32 Å². The zero-order chi connectivity index (χ0) is 14.7. The first-order valence-corrected chi connectivity index (χ1v) is 6.81. The minimum atomic E-state index is -0.507. The highest BCUT2D eigenvalue weighted by Gasteiger charge is 2.14. The number of nitrogens with zero attached hydrogens (tertiary/aromatic N) is 3. The molecular weight excluding hydrogens is 256 g/mol. The molecule has 2 aromatic rings. The van der Waals surface area contributed by atoms with Gasteiger partial charge in [-0.1, -0.05) is 13.3 Å². The summed E-state index contributed by atoms with van der Waals surface area (Å²) in [5, 5.41) is 16.7. The molecule has 20 heavy (non-hydrogen) atoms. The topological polar surface area (TPSA) is 79.5 Å². The molecular formula is C14H20N4O2. The minimum absolute atomic E-state index is 0.236. The largest absolute Gasteiger partial charge is 0.391 e. The Kier molecular flexibility index (Phi) is 4.34. The molecule has 0 saturated carbocycles. The Balaban J connectivity index is 2.16. The Bertz CT molecular complexity index is 621. The quantitative estimate of drug-likeness (QED) is 0.861. The fraction of sp³-hybridized carbons (Fsp3) is 0.500. The SMILES string of the molecule is CCCC(O)CNC(=O)c1cnc2cc(C)nn2c1C. The molecule has 108 valence electrons. The number of amides is 1. The third-order valence-electron chi connectivity index (χ3n) is 3.21. The van der Waals surface area contributed by atoms with E-state index in [1.807, 2.05) is 26.8 Å². The van der Waals surface area contributed by atoms with Gasteiger partial charge in [0.2, 0.25) is 0 Å². The van der Waals surface area contributed by atoms with E-state index >= 15 is 0 Å². The fourth-order valence-corrected chi connectivity index (χ4v) is 2.13. The number of nitrogens with one attached hydrogen (secondary N) is 1. The van der Waals surface area contributed by atoms with Gasteiger partial charge in [-0.05, 0) is 20.3 Å². The summed E-state index contributed by atoms with van der Waals surface area (Å²) in [5.41, 5.74) is 2.80. The van der Waals surface area contributed by atoms with Crippen LogP contribution >= 0.6 is 0 Å². The van der Waals surface area contributed by atoms with Crippen LogP contribution in [0, 0.1) is 13.8 Å². The highest BCUT2D eigenvalue weighted by molar-refractivity contribution is 5.95. The summed E-state index contributed by atoms with van der Waals surface area (Å²) in [6, 6.07) is 1.86. The number of aliphatic hydroxyl groups is 1. The van der Waals surface area contributed by atoms with E-state index in [1.54, 1.807) is 10.7 Å². The van der Waals surface area contributed by atoms with Crippen LogP contribution in [0.25, 0.3) is 5.65 Å². The summed E-state index contributed by atoms with van der Waals surface area (Å²) in [5.74, 6) is -0.236. The maximum absolute atomic E-state index is 12.1. The normalized spacial score (nSPS) is 12.6. The third-order valence-corrected chi connectivity index (χ3v) is 3.21. The molecule has 6 heteroatoms. The lowest BCUT2D eigenvalue weighted by Crippen LogP contribution is -2.32. The first-order chi connectivity index (χ1) is 9.52. The van der Waals surface area contributed by atoms with Gasteiger partial charge in [0.15, 0.2) is 5.65 Å². The second-order valence-corrected chi connectivity index (χ2v) is 4.97. The number of fused-ring (bicyclic) bond motifs is 1. The average Bonchev–Trinajstić information content (AvgIpc) is 2.78. The van der Waals surface area contributed by atoms with Crippen LogP contribution in [0.4, 0.5) is 0 Å². The Morgan fingerprint density at radius 2 is 2.25 bits per heavy atom. The molecule has 0 aliphatic carbocycles. The van der Waals surface area contributed by atoms with Gasteiger partial charge in [-0.3, -0.25) is 4.79 Å². The summed E-state index contributed by atoms with van der Waals surface area (Å²) in [6.07, 6.45) is 2.60. The van der Waals surface area contributed by atoms with Gasteiger partial charge in [0.1, 0.15) is 0 Å². The molecule has 0 aliphatic heterocycles. The van der Waals surface area contributed by atoms with E-state index in [0.717, 1.165) is 23.5 Å². The van der Waals surface area contributed by atoms with Crippen molar-refractivity contribution in [3.05, 3.63) is 29.2 Å². The Hall–Kier alpha value is -1.95. The fourth-order valence-electron chi connectivity index (χ4n) is 2.13. The number of carbonyl (C=O) groups is 1. The number of aromatic nitrogens is 3. The van der Waals surface area contributed by atoms with Gasteiger partial charge in [-0.2, -0.15) is 5.10 Å². The number of carbonyl (C=O) groups excluding carboxylic acids is 1. The van der Waals surface area contributed by atoms with E-state index in [0.29, 0.717) is 12.0 Å². The predicted octanol–water partition coefficient (Wildman–Crippen LogP) is 1.24. The molecule has 6 nitrogen and oxygen atoms in total. The molecule has 1 atom stereocenters. The third kappa shape index (κ3) is 2.96. The van der Waals surface area contributed by atoms with Crippen molar-refractivity contribution in [2.24, 2.45) is 0 Å². The molecule has 2 N–H and O–H groups in total. The second kappa shape index (κ2) is 6.00. The Morgan fingerprint density at radius 1 is 1.50 bits per heavy atom. The molecule has 0 radical (unpaired) electrons. The molecule has 0 aliphatic rings. The summed E-state index contributed by atoms with van der Waals surface area (Å²) in [4.78, 5) is 16.3. The van der Waals surface area contributed by atoms with E-state index in [4.69, 9.17) is 0 Å². The second-order valence-electron chi connectivity index (χ2n) is 4.97. The molecule has 0 aromatic carbocycles. The van der Waals surface area contributed by atoms with Crippen LogP contribution in [0.2, 0.25) is 0 Å². The molecule has 1 unspecified atom stereocenters. The summed E-state index contributed by atoms with van der Waals surface area (Å²) in [6.45, 7) is 5.96. The molecule has 0 spiro atoms. The van der Waals surface area contributed by atoms with Gasteiger partial charge >= 0.3 is 0 Å². The molecule has 1 amide bonds. The van der Waals surface area contributed by atoms with Crippen molar-refractivity contribution in [1.29, 1.82) is 0 Å². The maximum atomic E-state index is 12.1. The lowest BCUT2D eigenvalue weighted by Gasteiger charge is -2.12. The number of hydrogen-bond donors (Lipinski definition) is 2. The zero-order valence-corrected chi connectivity index (χ0v) is 12.1. The van der Waals surface area contributed by atoms with Crippen molar-refractivity contribution < 1.29 is 9.90 Å². The molecule has 0 bridgehead atoms. The first kappa shape index (κ1) is 14.5. The van der Waals surface area contributed by atoms with Crippen molar-refractivity contribution in [3.63, 3.8) is 0 Å². The van der Waals surface area contributed by atoms with E-state index in [-0.39, 0.29) is 12.5 Å². The van der Waals surface area contributed by atoms with Gasteiger partial charge in [0.25, 0.3) is 5.91 Å². The average molecular weight is 276 g/mol. The van der Waals surface area contributed by atoms with Crippen molar-refractivity contribution >= 4 is 11.6 Å².